The van der Waals surface area contributed by atoms with Crippen LogP contribution in [0.1, 0.15) is 25.5 Å². The third-order valence-electron chi connectivity index (χ3n) is 3.24. The third kappa shape index (κ3) is 3.00. The molecule has 4 heteroatoms. The van der Waals surface area contributed by atoms with E-state index in [2.05, 4.69) is 26.6 Å². The minimum atomic E-state index is 0.0126. The lowest BCUT2D eigenvalue weighted by atomic mass is 10.0. The number of benzene rings is 1. The monoisotopic (exact) mass is 308 g/mol. The summed E-state index contributed by atoms with van der Waals surface area (Å²) in [5.74, 6) is 0.0268. The fraction of sp³-hybridized carbons (Fsp3) is 0.357. The average molecular weight is 309 g/mol. The summed E-state index contributed by atoms with van der Waals surface area (Å²) >= 11 is 3.44. The van der Waals surface area contributed by atoms with E-state index >= 15 is 0 Å². The highest BCUT2D eigenvalue weighted by Gasteiger charge is 2.17. The standard InChI is InChI=1S/C14H17BrN2O/c1-9(12-7-16-8-12)14(18)17-10(2)11-4-3-5-13(15)6-11/h3-6,10,16H,7-8H2,1-2H3,(H,17,18)/t10-/m0/s1. The van der Waals surface area contributed by atoms with Crippen molar-refractivity contribution in [3.8, 4) is 0 Å². The van der Waals surface area contributed by atoms with Gasteiger partial charge in [-0.1, -0.05) is 28.1 Å². The van der Waals surface area contributed by atoms with Crippen LogP contribution in [0.5, 0.6) is 0 Å². The van der Waals surface area contributed by atoms with Gasteiger partial charge < -0.3 is 10.6 Å². The Bertz CT molecular complexity index is 490. The first kappa shape index (κ1) is 13.3. The topological polar surface area (TPSA) is 41.1 Å². The Balaban J connectivity index is 2.03. The summed E-state index contributed by atoms with van der Waals surface area (Å²) in [4.78, 5) is 12.0. The molecule has 1 aliphatic rings. The van der Waals surface area contributed by atoms with Crippen LogP contribution >= 0.6 is 15.9 Å². The molecule has 0 unspecified atom stereocenters. The molecular formula is C14H17BrN2O. The van der Waals surface area contributed by atoms with Gasteiger partial charge in [0.25, 0.3) is 0 Å². The Morgan fingerprint density at radius 2 is 2.17 bits per heavy atom. The molecule has 1 atom stereocenters. The van der Waals surface area contributed by atoms with Crippen molar-refractivity contribution in [2.45, 2.75) is 19.9 Å². The molecule has 1 fully saturated rings. The van der Waals surface area contributed by atoms with Gasteiger partial charge in [0, 0.05) is 23.1 Å². The normalized spacial score (nSPS) is 15.8. The van der Waals surface area contributed by atoms with Crippen LogP contribution in [0.25, 0.3) is 0 Å². The molecule has 0 bridgehead atoms. The second-order valence-electron chi connectivity index (χ2n) is 4.58. The lowest BCUT2D eigenvalue weighted by Crippen LogP contribution is -2.38. The van der Waals surface area contributed by atoms with Crippen molar-refractivity contribution in [3.05, 3.63) is 45.4 Å². The molecule has 1 heterocycles. The first-order valence-electron chi connectivity index (χ1n) is 6.03. The van der Waals surface area contributed by atoms with E-state index in [-0.39, 0.29) is 11.9 Å². The molecule has 1 saturated heterocycles. The lowest BCUT2D eigenvalue weighted by Gasteiger charge is -2.22. The van der Waals surface area contributed by atoms with Crippen molar-refractivity contribution < 1.29 is 4.79 Å². The second kappa shape index (κ2) is 5.67. The van der Waals surface area contributed by atoms with Crippen molar-refractivity contribution in [3.63, 3.8) is 0 Å². The van der Waals surface area contributed by atoms with Gasteiger partial charge in [0.1, 0.15) is 0 Å². The Morgan fingerprint density at radius 3 is 2.72 bits per heavy atom. The van der Waals surface area contributed by atoms with Gasteiger partial charge in [-0.25, -0.2) is 0 Å². The van der Waals surface area contributed by atoms with E-state index in [1.54, 1.807) is 0 Å². The van der Waals surface area contributed by atoms with Crippen molar-refractivity contribution in [2.24, 2.45) is 0 Å². The summed E-state index contributed by atoms with van der Waals surface area (Å²) in [5.41, 5.74) is 3.15. The fourth-order valence-corrected chi connectivity index (χ4v) is 2.26. The van der Waals surface area contributed by atoms with Crippen molar-refractivity contribution in [1.82, 2.24) is 10.6 Å². The highest BCUT2D eigenvalue weighted by atomic mass is 79.9. The summed E-state index contributed by atoms with van der Waals surface area (Å²) < 4.78 is 1.03. The first-order chi connectivity index (χ1) is 8.58. The third-order valence-corrected chi connectivity index (χ3v) is 3.74. The van der Waals surface area contributed by atoms with Gasteiger partial charge in [-0.3, -0.25) is 4.79 Å². The maximum absolute atomic E-state index is 12.0. The van der Waals surface area contributed by atoms with E-state index in [1.807, 2.05) is 38.1 Å². The van der Waals surface area contributed by atoms with Crippen molar-refractivity contribution in [2.75, 3.05) is 13.1 Å². The Kier molecular flexibility index (Phi) is 4.19. The molecule has 2 N–H and O–H groups in total. The Labute approximate surface area is 116 Å². The Hall–Kier alpha value is -1.13. The number of hydrogen-bond donors (Lipinski definition) is 2. The predicted octanol–water partition coefficient (Wildman–Crippen LogP) is 2.55. The van der Waals surface area contributed by atoms with Crippen LogP contribution in [0.2, 0.25) is 0 Å². The molecule has 2 rings (SSSR count). The lowest BCUT2D eigenvalue weighted by molar-refractivity contribution is -0.118. The molecule has 1 amide bonds. The molecule has 3 nitrogen and oxygen atoms in total. The second-order valence-corrected chi connectivity index (χ2v) is 5.50. The van der Waals surface area contributed by atoms with Gasteiger partial charge in [0.15, 0.2) is 0 Å². The van der Waals surface area contributed by atoms with E-state index in [9.17, 15) is 4.79 Å². The minimum absolute atomic E-state index is 0.0126. The van der Waals surface area contributed by atoms with Gasteiger partial charge in [0.2, 0.25) is 5.91 Å². The SMILES string of the molecule is CC(C(=O)N[C@@H](C)c1cccc(Br)c1)=C1CNC1. The molecule has 1 aromatic carbocycles. The quantitative estimate of drug-likeness (QED) is 0.843. The van der Waals surface area contributed by atoms with Crippen molar-refractivity contribution in [1.29, 1.82) is 0 Å². The van der Waals surface area contributed by atoms with Gasteiger partial charge in [0.05, 0.1) is 6.04 Å². The number of nitrogens with one attached hydrogen (secondary N) is 2. The van der Waals surface area contributed by atoms with Crippen LogP contribution < -0.4 is 10.6 Å². The van der Waals surface area contributed by atoms with Crippen molar-refractivity contribution >= 4 is 21.8 Å². The number of amides is 1. The van der Waals surface area contributed by atoms with E-state index in [4.69, 9.17) is 0 Å². The van der Waals surface area contributed by atoms with Crippen LogP contribution in [0.15, 0.2) is 39.9 Å². The van der Waals surface area contributed by atoms with Gasteiger partial charge >= 0.3 is 0 Å². The van der Waals surface area contributed by atoms with Crippen LogP contribution in [0.4, 0.5) is 0 Å². The van der Waals surface area contributed by atoms with Crippen LogP contribution in [0.3, 0.4) is 0 Å². The molecule has 0 radical (unpaired) electrons. The molecule has 96 valence electrons. The molecule has 0 aromatic heterocycles. The smallest absolute Gasteiger partial charge is 0.247 e. The molecule has 18 heavy (non-hydrogen) atoms. The summed E-state index contributed by atoms with van der Waals surface area (Å²) in [7, 11) is 0. The molecule has 0 saturated carbocycles. The molecular weight excluding hydrogens is 292 g/mol. The molecule has 1 aliphatic heterocycles. The molecule has 1 aromatic rings. The van der Waals surface area contributed by atoms with E-state index in [0.29, 0.717) is 0 Å². The zero-order valence-corrected chi connectivity index (χ0v) is 12.2. The summed E-state index contributed by atoms with van der Waals surface area (Å²) in [6, 6.07) is 8.01. The Morgan fingerprint density at radius 1 is 1.44 bits per heavy atom. The van der Waals surface area contributed by atoms with E-state index in [1.165, 1.54) is 5.57 Å². The fourth-order valence-electron chi connectivity index (χ4n) is 1.84. The molecule has 0 spiro atoms. The minimum Gasteiger partial charge on any atom is -0.346 e. The summed E-state index contributed by atoms with van der Waals surface area (Å²) in [5, 5.41) is 6.17. The number of carbonyl (C=O) groups is 1. The van der Waals surface area contributed by atoms with Gasteiger partial charge in [-0.15, -0.1) is 0 Å². The van der Waals surface area contributed by atoms with E-state index < -0.39 is 0 Å². The van der Waals surface area contributed by atoms with Gasteiger partial charge in [-0.05, 0) is 37.1 Å². The number of halogens is 1. The maximum atomic E-state index is 12.0. The van der Waals surface area contributed by atoms with Crippen LogP contribution in [-0.4, -0.2) is 19.0 Å². The zero-order chi connectivity index (χ0) is 13.1. The predicted molar refractivity (Wildman–Crippen MR) is 76.3 cm³/mol. The highest BCUT2D eigenvalue weighted by molar-refractivity contribution is 9.10. The largest absolute Gasteiger partial charge is 0.346 e. The zero-order valence-electron chi connectivity index (χ0n) is 10.6. The van der Waals surface area contributed by atoms with Gasteiger partial charge in [-0.2, -0.15) is 0 Å². The molecule has 0 aliphatic carbocycles. The number of rotatable bonds is 3. The highest BCUT2D eigenvalue weighted by Crippen LogP contribution is 2.18. The average Bonchev–Trinajstić information content (AvgIpc) is 2.26. The number of hydrogen-bond acceptors (Lipinski definition) is 2. The van der Waals surface area contributed by atoms with Crippen LogP contribution in [0, 0.1) is 0 Å². The van der Waals surface area contributed by atoms with Crippen LogP contribution in [-0.2, 0) is 4.79 Å². The van der Waals surface area contributed by atoms with E-state index in [0.717, 1.165) is 28.7 Å². The first-order valence-corrected chi connectivity index (χ1v) is 6.83. The summed E-state index contributed by atoms with van der Waals surface area (Å²) in [6.45, 7) is 5.56. The maximum Gasteiger partial charge on any atom is 0.247 e. The summed E-state index contributed by atoms with van der Waals surface area (Å²) in [6.07, 6.45) is 0. The number of carbonyl (C=O) groups excluding carboxylic acids is 1.